The molecule has 0 amide bonds. The maximum absolute atomic E-state index is 13.3. The average Bonchev–Trinajstić information content (AvgIpc) is 2.55. The van der Waals surface area contributed by atoms with E-state index in [1.54, 1.807) is 0 Å². The van der Waals surface area contributed by atoms with Crippen LogP contribution in [0.25, 0.3) is 0 Å². The maximum Gasteiger partial charge on any atom is 0.192 e. The van der Waals surface area contributed by atoms with Gasteiger partial charge in [0.1, 0.15) is 11.5 Å². The lowest BCUT2D eigenvalue weighted by molar-refractivity contribution is 0.0516. The summed E-state index contributed by atoms with van der Waals surface area (Å²) in [5.41, 5.74) is 0.824. The third kappa shape index (κ3) is 3.05. The van der Waals surface area contributed by atoms with Crippen LogP contribution in [0.1, 0.15) is 54.8 Å². The molecule has 0 bridgehead atoms. The Hall–Kier alpha value is -1.92. The van der Waals surface area contributed by atoms with Crippen LogP contribution in [0.2, 0.25) is 18.1 Å². The summed E-state index contributed by atoms with van der Waals surface area (Å²) in [6.07, 6.45) is 1.91. The van der Waals surface area contributed by atoms with E-state index in [1.807, 2.05) is 13.0 Å². The minimum atomic E-state index is -2.19. The van der Waals surface area contributed by atoms with Crippen molar-refractivity contribution in [3.63, 3.8) is 0 Å². The smallest absolute Gasteiger partial charge is 0.192 e. The summed E-state index contributed by atoms with van der Waals surface area (Å²) in [4.78, 5) is 26.4. The van der Waals surface area contributed by atoms with Crippen molar-refractivity contribution in [3.8, 4) is 11.5 Å². The fraction of sp³-hybridized carbons (Fsp3) is 0.524. The molecule has 3 rings (SSSR count). The van der Waals surface area contributed by atoms with E-state index in [0.717, 1.165) is 5.57 Å². The summed E-state index contributed by atoms with van der Waals surface area (Å²) in [6, 6.07) is 2.52. The van der Waals surface area contributed by atoms with Crippen LogP contribution in [0, 0.1) is 11.8 Å². The molecule has 146 valence electrons. The number of hydrogen-bond donors (Lipinski definition) is 2. The molecule has 2 aliphatic carbocycles. The lowest BCUT2D eigenvalue weighted by atomic mass is 9.66. The lowest BCUT2D eigenvalue weighted by Gasteiger charge is -2.45. The number of hydrogen-bond acceptors (Lipinski definition) is 5. The minimum Gasteiger partial charge on any atom is -0.507 e. The molecule has 0 aliphatic heterocycles. The van der Waals surface area contributed by atoms with Gasteiger partial charge in [-0.05, 0) is 49.2 Å². The minimum absolute atomic E-state index is 0.0414. The highest BCUT2D eigenvalue weighted by molar-refractivity contribution is 6.74. The first-order chi connectivity index (χ1) is 12.4. The van der Waals surface area contributed by atoms with Crippen molar-refractivity contribution in [1.82, 2.24) is 0 Å². The fourth-order valence-electron chi connectivity index (χ4n) is 3.75. The van der Waals surface area contributed by atoms with Crippen molar-refractivity contribution in [3.05, 3.63) is 34.9 Å². The van der Waals surface area contributed by atoms with Crippen LogP contribution in [0.15, 0.2) is 23.8 Å². The van der Waals surface area contributed by atoms with E-state index in [4.69, 9.17) is 4.43 Å². The fourth-order valence-corrected chi connectivity index (χ4v) is 5.07. The zero-order valence-electron chi connectivity index (χ0n) is 16.8. The molecule has 0 aromatic heterocycles. The molecule has 0 saturated carbocycles. The number of carbonyl (C=O) groups is 2. The Labute approximate surface area is 161 Å². The van der Waals surface area contributed by atoms with Gasteiger partial charge in [-0.25, -0.2) is 0 Å². The standard InChI is InChI=1S/C21H28O5Si/c1-11-7-8-12-15(20(11)26-27(5,6)21(2,3)4)19(25)17-14(23)10-9-13(22)16(17)18(12)24/h7,9-10,12,15,20,22-23H,8H2,1-6H3. The average molecular weight is 389 g/mol. The number of rotatable bonds is 2. The Balaban J connectivity index is 2.11. The lowest BCUT2D eigenvalue weighted by Crippen LogP contribution is -2.52. The highest BCUT2D eigenvalue weighted by atomic mass is 28.4. The molecule has 1 aromatic rings. The zero-order chi connectivity index (χ0) is 20.3. The number of phenolic OH excluding ortho intramolecular Hbond substituents is 2. The van der Waals surface area contributed by atoms with Crippen molar-refractivity contribution < 1.29 is 24.2 Å². The van der Waals surface area contributed by atoms with Gasteiger partial charge in [-0.3, -0.25) is 9.59 Å². The number of benzene rings is 1. The Morgan fingerprint density at radius 3 is 2.07 bits per heavy atom. The molecule has 0 fully saturated rings. The predicted octanol–water partition coefficient (Wildman–Crippen LogP) is 4.45. The molecule has 1 aromatic carbocycles. The first-order valence-corrected chi connectivity index (χ1v) is 12.3. The van der Waals surface area contributed by atoms with Crippen molar-refractivity contribution >= 4 is 19.9 Å². The second-order valence-corrected chi connectivity index (χ2v) is 14.0. The van der Waals surface area contributed by atoms with Crippen LogP contribution in [0.5, 0.6) is 11.5 Å². The van der Waals surface area contributed by atoms with Gasteiger partial charge in [0.05, 0.1) is 23.1 Å². The second-order valence-electron chi connectivity index (χ2n) is 9.20. The van der Waals surface area contributed by atoms with Crippen molar-refractivity contribution in [2.75, 3.05) is 0 Å². The molecule has 3 atom stereocenters. The van der Waals surface area contributed by atoms with Crippen LogP contribution in [0.4, 0.5) is 0 Å². The Bertz CT molecular complexity index is 847. The summed E-state index contributed by atoms with van der Waals surface area (Å²) in [5, 5.41) is 20.3. The normalized spacial score (nSPS) is 25.7. The van der Waals surface area contributed by atoms with E-state index in [0.29, 0.717) is 6.42 Å². The van der Waals surface area contributed by atoms with Gasteiger partial charge in [-0.2, -0.15) is 0 Å². The predicted molar refractivity (Wildman–Crippen MR) is 106 cm³/mol. The maximum atomic E-state index is 13.3. The summed E-state index contributed by atoms with van der Waals surface area (Å²) >= 11 is 0. The summed E-state index contributed by atoms with van der Waals surface area (Å²) in [7, 11) is -2.19. The molecule has 0 saturated heterocycles. The van der Waals surface area contributed by atoms with Gasteiger partial charge in [0.25, 0.3) is 0 Å². The number of carbonyl (C=O) groups excluding carboxylic acids is 2. The molecule has 27 heavy (non-hydrogen) atoms. The largest absolute Gasteiger partial charge is 0.507 e. The van der Waals surface area contributed by atoms with E-state index in [1.165, 1.54) is 12.1 Å². The monoisotopic (exact) mass is 388 g/mol. The zero-order valence-corrected chi connectivity index (χ0v) is 17.8. The Morgan fingerprint density at radius 1 is 1.04 bits per heavy atom. The highest BCUT2D eigenvalue weighted by Crippen LogP contribution is 2.47. The number of ketones is 2. The van der Waals surface area contributed by atoms with Gasteiger partial charge >= 0.3 is 0 Å². The van der Waals surface area contributed by atoms with Crippen LogP contribution in [0.3, 0.4) is 0 Å². The van der Waals surface area contributed by atoms with Crippen LogP contribution >= 0.6 is 0 Å². The molecular weight excluding hydrogens is 360 g/mol. The van der Waals surface area contributed by atoms with Gasteiger partial charge in [-0.15, -0.1) is 0 Å². The van der Waals surface area contributed by atoms with E-state index in [-0.39, 0.29) is 39.2 Å². The first-order valence-electron chi connectivity index (χ1n) is 9.34. The van der Waals surface area contributed by atoms with Crippen molar-refractivity contribution in [1.29, 1.82) is 0 Å². The Morgan fingerprint density at radius 2 is 1.56 bits per heavy atom. The number of aromatic hydroxyl groups is 2. The summed E-state index contributed by atoms with van der Waals surface area (Å²) in [6.45, 7) is 12.6. The summed E-state index contributed by atoms with van der Waals surface area (Å²) < 4.78 is 6.58. The first kappa shape index (κ1) is 19.8. The third-order valence-electron chi connectivity index (χ3n) is 6.42. The molecule has 6 heteroatoms. The molecule has 2 N–H and O–H groups in total. The molecular formula is C21H28O5Si. The Kier molecular flexibility index (Phi) is 4.63. The van der Waals surface area contributed by atoms with Crippen LogP contribution < -0.4 is 0 Å². The number of allylic oxidation sites excluding steroid dienone is 1. The van der Waals surface area contributed by atoms with Gasteiger partial charge in [-0.1, -0.05) is 26.8 Å². The molecule has 3 unspecified atom stereocenters. The van der Waals surface area contributed by atoms with Crippen LogP contribution in [-0.2, 0) is 4.43 Å². The molecule has 2 aliphatic rings. The molecule has 0 radical (unpaired) electrons. The van der Waals surface area contributed by atoms with E-state index < -0.39 is 26.3 Å². The molecule has 0 heterocycles. The van der Waals surface area contributed by atoms with Crippen LogP contribution in [-0.4, -0.2) is 36.2 Å². The second kappa shape index (κ2) is 6.31. The SMILES string of the molecule is CC1=CCC2C(=O)c3c(O)ccc(O)c3C(=O)C2C1O[Si](C)(C)C(C)(C)C. The topological polar surface area (TPSA) is 83.8 Å². The summed E-state index contributed by atoms with van der Waals surface area (Å²) in [5.74, 6) is -2.38. The van der Waals surface area contributed by atoms with E-state index >= 15 is 0 Å². The van der Waals surface area contributed by atoms with Gasteiger partial charge in [0.15, 0.2) is 19.9 Å². The quantitative estimate of drug-likeness (QED) is 0.444. The number of Topliss-reactive ketones (excluding diaryl/α,β-unsaturated/α-hetero) is 2. The van der Waals surface area contributed by atoms with Crippen molar-refractivity contribution in [2.45, 2.75) is 58.4 Å². The number of phenols is 2. The molecule has 5 nitrogen and oxygen atoms in total. The number of fused-ring (bicyclic) bond motifs is 2. The van der Waals surface area contributed by atoms with Gasteiger partial charge < -0.3 is 14.6 Å². The van der Waals surface area contributed by atoms with E-state index in [9.17, 15) is 19.8 Å². The molecule has 0 spiro atoms. The van der Waals surface area contributed by atoms with Gasteiger partial charge in [0.2, 0.25) is 0 Å². The van der Waals surface area contributed by atoms with E-state index in [2.05, 4.69) is 33.9 Å². The third-order valence-corrected chi connectivity index (χ3v) is 10.9. The highest BCUT2D eigenvalue weighted by Gasteiger charge is 2.52. The van der Waals surface area contributed by atoms with Crippen molar-refractivity contribution in [2.24, 2.45) is 11.8 Å². The van der Waals surface area contributed by atoms with Gasteiger partial charge in [0, 0.05) is 5.92 Å².